The minimum absolute atomic E-state index is 0.260. The average Bonchev–Trinajstić information content (AvgIpc) is 2.86. The molecule has 194 valence electrons. The fraction of sp³-hybridized carbons (Fsp3) is 0.481. The fourth-order valence-electron chi connectivity index (χ4n) is 6.18. The lowest BCUT2D eigenvalue weighted by atomic mass is 9.52. The largest absolute Gasteiger partial charge is 0.479 e. The number of rotatable bonds is 5. The lowest BCUT2D eigenvalue weighted by Gasteiger charge is -2.58. The van der Waals surface area contributed by atoms with Gasteiger partial charge < -0.3 is 30.1 Å². The monoisotopic (exact) mass is 501 g/mol. The van der Waals surface area contributed by atoms with E-state index in [0.717, 1.165) is 18.1 Å². The maximum absolute atomic E-state index is 13.5. The van der Waals surface area contributed by atoms with Gasteiger partial charge in [0.05, 0.1) is 0 Å². The summed E-state index contributed by atoms with van der Waals surface area (Å²) in [5.74, 6) is -1.62. The van der Waals surface area contributed by atoms with E-state index in [1.165, 1.54) is 61.9 Å². The van der Waals surface area contributed by atoms with Crippen LogP contribution in [-0.4, -0.2) is 69.1 Å². The van der Waals surface area contributed by atoms with Crippen molar-refractivity contribution in [3.05, 3.63) is 59.4 Å². The first-order valence-electron chi connectivity index (χ1n) is 12.2. The molecular weight excluding hydrogens is 469 g/mol. The molecule has 2 aromatic rings. The highest BCUT2D eigenvalue weighted by Crippen LogP contribution is 2.56. The van der Waals surface area contributed by atoms with E-state index in [2.05, 4.69) is 30.1 Å². The molecule has 3 aliphatic rings. The maximum Gasteiger partial charge on any atom is 0.335 e. The van der Waals surface area contributed by atoms with Crippen molar-refractivity contribution < 1.29 is 39.1 Å². The zero-order valence-electron chi connectivity index (χ0n) is 20.1. The van der Waals surface area contributed by atoms with E-state index in [1.54, 1.807) is 6.07 Å². The molecule has 36 heavy (non-hydrogen) atoms. The third-order valence-electron chi connectivity index (χ3n) is 7.92. The molecule has 1 saturated heterocycles. The number of carbonyl (C=O) groups is 2. The Balaban J connectivity index is 0.000000261. The Bertz CT molecular complexity index is 1110. The minimum Gasteiger partial charge on any atom is -0.479 e. The first-order valence-corrected chi connectivity index (χ1v) is 12.2. The number of likely N-dealkylation sites (N-methyl/N-ethyl adjacent to an activating group) is 1. The van der Waals surface area contributed by atoms with Crippen LogP contribution in [0.3, 0.4) is 0 Å². The van der Waals surface area contributed by atoms with Crippen molar-refractivity contribution in [1.82, 2.24) is 4.90 Å². The number of aliphatic carboxylic acids is 2. The van der Waals surface area contributed by atoms with Crippen LogP contribution < -0.4 is 4.74 Å². The van der Waals surface area contributed by atoms with Crippen LogP contribution in [0.1, 0.15) is 43.2 Å². The van der Waals surface area contributed by atoms with Crippen molar-refractivity contribution in [2.24, 2.45) is 5.92 Å². The highest BCUT2D eigenvalue weighted by atomic mass is 19.1. The van der Waals surface area contributed by atoms with E-state index in [1.807, 2.05) is 6.07 Å². The van der Waals surface area contributed by atoms with Crippen molar-refractivity contribution in [2.75, 3.05) is 13.6 Å². The molecule has 0 spiro atoms. The topological polar surface area (TPSA) is 128 Å². The molecule has 0 amide bonds. The summed E-state index contributed by atoms with van der Waals surface area (Å²) in [6, 6.07) is 13.7. The zero-order chi connectivity index (χ0) is 26.0. The molecular formula is C27H32FNO7. The lowest BCUT2D eigenvalue weighted by Crippen LogP contribution is -2.59. The van der Waals surface area contributed by atoms with Crippen LogP contribution in [0, 0.1) is 11.7 Å². The van der Waals surface area contributed by atoms with E-state index >= 15 is 0 Å². The molecule has 2 bridgehead atoms. The van der Waals surface area contributed by atoms with Gasteiger partial charge in [0.25, 0.3) is 0 Å². The number of aliphatic hydroxyl groups is 2. The quantitative estimate of drug-likeness (QED) is 0.492. The molecule has 2 aromatic carbocycles. The Morgan fingerprint density at radius 2 is 1.72 bits per heavy atom. The van der Waals surface area contributed by atoms with Crippen LogP contribution in [0.15, 0.2) is 42.5 Å². The van der Waals surface area contributed by atoms with Crippen LogP contribution in [0.4, 0.5) is 4.39 Å². The second kappa shape index (κ2) is 10.5. The van der Waals surface area contributed by atoms with Gasteiger partial charge in [-0.1, -0.05) is 25.0 Å². The van der Waals surface area contributed by atoms with Gasteiger partial charge in [-0.25, -0.2) is 14.0 Å². The molecule has 0 aromatic heterocycles. The van der Waals surface area contributed by atoms with Gasteiger partial charge in [-0.2, -0.15) is 0 Å². The van der Waals surface area contributed by atoms with Gasteiger partial charge in [0.2, 0.25) is 0 Å². The maximum atomic E-state index is 13.5. The van der Waals surface area contributed by atoms with Crippen LogP contribution in [0.2, 0.25) is 0 Å². The van der Waals surface area contributed by atoms with Crippen LogP contribution in [0.5, 0.6) is 11.5 Å². The molecule has 1 saturated carbocycles. The molecule has 2 fully saturated rings. The van der Waals surface area contributed by atoms with Gasteiger partial charge in [0.15, 0.2) is 12.2 Å². The van der Waals surface area contributed by atoms with Crippen molar-refractivity contribution in [2.45, 2.75) is 62.2 Å². The zero-order valence-corrected chi connectivity index (χ0v) is 20.1. The van der Waals surface area contributed by atoms with Gasteiger partial charge in [-0.3, -0.25) is 0 Å². The van der Waals surface area contributed by atoms with Gasteiger partial charge in [-0.15, -0.1) is 0 Å². The molecule has 9 heteroatoms. The molecule has 2 aliphatic carbocycles. The number of nitrogens with zero attached hydrogens (tertiary/aromatic N) is 1. The number of halogens is 1. The van der Waals surface area contributed by atoms with Crippen LogP contribution in [-0.2, 0) is 21.4 Å². The summed E-state index contributed by atoms with van der Waals surface area (Å²) >= 11 is 0. The van der Waals surface area contributed by atoms with Crippen molar-refractivity contribution >= 4 is 11.9 Å². The summed E-state index contributed by atoms with van der Waals surface area (Å²) in [6.07, 6.45) is 3.23. The van der Waals surface area contributed by atoms with Gasteiger partial charge in [0.1, 0.15) is 17.3 Å². The van der Waals surface area contributed by atoms with Crippen LogP contribution >= 0.6 is 0 Å². The van der Waals surface area contributed by atoms with Crippen molar-refractivity contribution in [1.29, 1.82) is 0 Å². The van der Waals surface area contributed by atoms with Crippen molar-refractivity contribution in [3.63, 3.8) is 0 Å². The molecule has 2 unspecified atom stereocenters. The normalized spacial score (nSPS) is 26.3. The smallest absolute Gasteiger partial charge is 0.335 e. The number of ether oxygens (including phenoxy) is 1. The first kappa shape index (κ1) is 26.1. The first-order chi connectivity index (χ1) is 17.1. The summed E-state index contributed by atoms with van der Waals surface area (Å²) in [4.78, 5) is 22.1. The number of benzene rings is 2. The summed E-state index contributed by atoms with van der Waals surface area (Å²) in [6.45, 7) is 1.19. The molecule has 0 radical (unpaired) electrons. The Hall–Kier alpha value is -3.01. The SMILES string of the molecule is CN1CC[C@]23CCCC[C@H]2[C@H]1Cc1ccc(Oc2cccc(F)c2)cc13.O=C(O)C(O)C(O)C(=O)O. The molecule has 1 aliphatic heterocycles. The van der Waals surface area contributed by atoms with Crippen molar-refractivity contribution in [3.8, 4) is 11.5 Å². The number of carboxylic acids is 2. The number of carboxylic acid groups (broad SMARTS) is 2. The summed E-state index contributed by atoms with van der Waals surface area (Å²) < 4.78 is 19.5. The fourth-order valence-corrected chi connectivity index (χ4v) is 6.18. The van der Waals surface area contributed by atoms with Crippen LogP contribution in [0.25, 0.3) is 0 Å². The second-order valence-electron chi connectivity index (χ2n) is 9.96. The average molecular weight is 502 g/mol. The van der Waals surface area contributed by atoms with Gasteiger partial charge in [0, 0.05) is 17.5 Å². The van der Waals surface area contributed by atoms with E-state index in [9.17, 15) is 14.0 Å². The number of hydrogen-bond donors (Lipinski definition) is 4. The third kappa shape index (κ3) is 5.09. The Labute approximate surface area is 208 Å². The van der Waals surface area contributed by atoms with Gasteiger partial charge in [-0.05, 0) is 80.6 Å². The van der Waals surface area contributed by atoms with E-state index in [-0.39, 0.29) is 5.82 Å². The number of fused-ring (bicyclic) bond motifs is 1. The number of likely N-dealkylation sites (tertiary alicyclic amines) is 1. The molecule has 4 N–H and O–H groups in total. The number of hydrogen-bond acceptors (Lipinski definition) is 6. The van der Waals surface area contributed by atoms with E-state index < -0.39 is 24.1 Å². The van der Waals surface area contributed by atoms with Gasteiger partial charge >= 0.3 is 11.9 Å². The highest BCUT2D eigenvalue weighted by molar-refractivity contribution is 5.83. The number of piperidine rings is 1. The van der Waals surface area contributed by atoms with E-state index in [4.69, 9.17) is 25.2 Å². The summed E-state index contributed by atoms with van der Waals surface area (Å²) in [7, 11) is 2.30. The van der Waals surface area contributed by atoms with E-state index in [0.29, 0.717) is 17.2 Å². The molecule has 1 heterocycles. The lowest BCUT2D eigenvalue weighted by molar-refractivity contribution is -0.165. The highest BCUT2D eigenvalue weighted by Gasteiger charge is 2.53. The number of aliphatic hydroxyl groups excluding tert-OH is 2. The predicted octanol–water partition coefficient (Wildman–Crippen LogP) is 3.18. The Morgan fingerprint density at radius 1 is 1.03 bits per heavy atom. The molecule has 8 nitrogen and oxygen atoms in total. The minimum atomic E-state index is -2.27. The standard InChI is InChI=1S/C23H26FNO.C4H6O6/c1-25-12-11-23-10-3-2-7-20(23)22(25)13-16-8-9-19(15-21(16)23)26-18-6-4-5-17(24)14-18;5-1(3(7)8)2(6)4(9)10/h4-6,8-9,14-15,20,22H,2-3,7,10-13H2,1H3;1-2,5-6H,(H,7,8)(H,9,10)/t20-,22+,23+;/m0./s1. The Kier molecular flexibility index (Phi) is 7.63. The Morgan fingerprint density at radius 3 is 2.39 bits per heavy atom. The predicted molar refractivity (Wildman–Crippen MR) is 129 cm³/mol. The molecule has 5 atom stereocenters. The molecule has 5 rings (SSSR count). The second-order valence-corrected chi connectivity index (χ2v) is 9.96. The summed E-state index contributed by atoms with van der Waals surface area (Å²) in [5, 5.41) is 32.5. The third-order valence-corrected chi connectivity index (χ3v) is 7.92. The summed E-state index contributed by atoms with van der Waals surface area (Å²) in [5.41, 5.74) is 3.33.